The highest BCUT2D eigenvalue weighted by atomic mass is 127. The van der Waals surface area contributed by atoms with Gasteiger partial charge in [0.2, 0.25) is 0 Å². The van der Waals surface area contributed by atoms with Crippen LogP contribution in [0.1, 0.15) is 17.2 Å². The van der Waals surface area contributed by atoms with Crippen molar-refractivity contribution in [3.8, 4) is 11.5 Å². The van der Waals surface area contributed by atoms with Gasteiger partial charge in [-0.3, -0.25) is 9.89 Å². The van der Waals surface area contributed by atoms with E-state index in [1.807, 2.05) is 18.2 Å². The molecule has 30 heavy (non-hydrogen) atoms. The SMILES string of the molecule is COc1ccc(NC(N)=NCC(c2ccc(C)cc2)N2CCOCC2)cc1OC.I. The van der Waals surface area contributed by atoms with Crippen molar-refractivity contribution in [3.05, 3.63) is 53.6 Å². The van der Waals surface area contributed by atoms with Gasteiger partial charge in [-0.25, -0.2) is 0 Å². The number of rotatable bonds is 7. The average Bonchev–Trinajstić information content (AvgIpc) is 2.75. The summed E-state index contributed by atoms with van der Waals surface area (Å²) in [5.74, 6) is 1.67. The lowest BCUT2D eigenvalue weighted by Gasteiger charge is -2.34. The maximum absolute atomic E-state index is 6.17. The maximum Gasteiger partial charge on any atom is 0.193 e. The van der Waals surface area contributed by atoms with Gasteiger partial charge in [0, 0.05) is 24.8 Å². The number of nitrogens with one attached hydrogen (secondary N) is 1. The third-order valence-corrected chi connectivity index (χ3v) is 5.04. The van der Waals surface area contributed by atoms with Crippen LogP contribution >= 0.6 is 24.0 Å². The van der Waals surface area contributed by atoms with Crippen LogP contribution in [-0.4, -0.2) is 57.9 Å². The summed E-state index contributed by atoms with van der Waals surface area (Å²) >= 11 is 0. The van der Waals surface area contributed by atoms with Crippen LogP contribution in [0.5, 0.6) is 11.5 Å². The van der Waals surface area contributed by atoms with E-state index < -0.39 is 0 Å². The average molecular weight is 526 g/mol. The highest BCUT2D eigenvalue weighted by Gasteiger charge is 2.22. The molecule has 1 unspecified atom stereocenters. The number of anilines is 1. The molecule has 2 aromatic rings. The van der Waals surface area contributed by atoms with Crippen molar-refractivity contribution < 1.29 is 14.2 Å². The summed E-state index contributed by atoms with van der Waals surface area (Å²) in [4.78, 5) is 7.02. The summed E-state index contributed by atoms with van der Waals surface area (Å²) < 4.78 is 16.1. The molecule has 0 aromatic heterocycles. The second-order valence-electron chi connectivity index (χ2n) is 7.00. The van der Waals surface area contributed by atoms with Gasteiger partial charge in [-0.05, 0) is 24.6 Å². The first-order valence-corrected chi connectivity index (χ1v) is 9.78. The Morgan fingerprint density at radius 1 is 1.10 bits per heavy atom. The summed E-state index contributed by atoms with van der Waals surface area (Å²) in [6, 6.07) is 14.3. The van der Waals surface area contributed by atoms with E-state index in [1.54, 1.807) is 14.2 Å². The van der Waals surface area contributed by atoms with Gasteiger partial charge in [0.1, 0.15) is 0 Å². The second-order valence-corrected chi connectivity index (χ2v) is 7.00. The predicted molar refractivity (Wildman–Crippen MR) is 131 cm³/mol. The first kappa shape index (κ1) is 24.2. The van der Waals surface area contributed by atoms with Gasteiger partial charge in [0.15, 0.2) is 17.5 Å². The first-order valence-electron chi connectivity index (χ1n) is 9.78. The van der Waals surface area contributed by atoms with Crippen molar-refractivity contribution >= 4 is 35.6 Å². The number of aliphatic imine (C=N–C) groups is 1. The van der Waals surface area contributed by atoms with Crippen LogP contribution in [0.4, 0.5) is 5.69 Å². The summed E-state index contributed by atoms with van der Waals surface area (Å²) in [5.41, 5.74) is 9.44. The number of nitrogens with two attached hydrogens (primary N) is 1. The largest absolute Gasteiger partial charge is 0.493 e. The molecule has 7 nitrogen and oxygen atoms in total. The van der Waals surface area contributed by atoms with Crippen LogP contribution in [0.3, 0.4) is 0 Å². The van der Waals surface area contributed by atoms with Crippen molar-refractivity contribution in [3.63, 3.8) is 0 Å². The standard InChI is InChI=1S/C22H30N4O3.HI/c1-16-4-6-17(7-5-16)19(26-10-12-29-13-11-26)15-24-22(23)25-18-8-9-20(27-2)21(14-18)28-3;/h4-9,14,19H,10-13,15H2,1-3H3,(H3,23,24,25);1H. The molecule has 3 N–H and O–H groups in total. The molecule has 1 aliphatic heterocycles. The Morgan fingerprint density at radius 2 is 1.77 bits per heavy atom. The molecule has 0 saturated carbocycles. The minimum absolute atomic E-state index is 0. The van der Waals surface area contributed by atoms with Crippen molar-refractivity contribution in [2.75, 3.05) is 52.4 Å². The molecule has 1 fully saturated rings. The number of hydrogen-bond donors (Lipinski definition) is 2. The fourth-order valence-electron chi connectivity index (χ4n) is 3.40. The molecule has 1 aliphatic rings. The van der Waals surface area contributed by atoms with E-state index in [-0.39, 0.29) is 30.0 Å². The second kappa shape index (κ2) is 12.0. The number of nitrogens with zero attached hydrogens (tertiary/aromatic N) is 2. The molecule has 0 aliphatic carbocycles. The summed E-state index contributed by atoms with van der Waals surface area (Å²) in [7, 11) is 3.21. The van der Waals surface area contributed by atoms with Crippen molar-refractivity contribution in [2.45, 2.75) is 13.0 Å². The topological polar surface area (TPSA) is 81.3 Å². The number of guanidine groups is 1. The van der Waals surface area contributed by atoms with Crippen molar-refractivity contribution in [1.82, 2.24) is 4.90 Å². The monoisotopic (exact) mass is 526 g/mol. The zero-order chi connectivity index (χ0) is 20.6. The Labute approximate surface area is 195 Å². The van der Waals surface area contributed by atoms with E-state index in [4.69, 9.17) is 19.9 Å². The molecular formula is C22H31IN4O3. The van der Waals surface area contributed by atoms with E-state index in [1.165, 1.54) is 11.1 Å². The molecular weight excluding hydrogens is 495 g/mol. The number of morpholine rings is 1. The summed E-state index contributed by atoms with van der Waals surface area (Å²) in [6.45, 7) is 5.91. The lowest BCUT2D eigenvalue weighted by Crippen LogP contribution is -2.40. The van der Waals surface area contributed by atoms with Crippen LogP contribution < -0.4 is 20.5 Å². The Kier molecular flexibility index (Phi) is 9.67. The first-order chi connectivity index (χ1) is 14.1. The van der Waals surface area contributed by atoms with E-state index in [2.05, 4.69) is 46.4 Å². The Balaban J connectivity index is 0.00000320. The van der Waals surface area contributed by atoms with Crippen molar-refractivity contribution in [1.29, 1.82) is 0 Å². The molecule has 1 heterocycles. The predicted octanol–water partition coefficient (Wildman–Crippen LogP) is 3.43. The van der Waals surface area contributed by atoms with Gasteiger partial charge >= 0.3 is 0 Å². The normalized spacial score (nSPS) is 15.8. The number of methoxy groups -OCH3 is 2. The third kappa shape index (κ3) is 6.48. The van der Waals surface area contributed by atoms with Gasteiger partial charge < -0.3 is 25.3 Å². The highest BCUT2D eigenvalue weighted by molar-refractivity contribution is 14.0. The van der Waals surface area contributed by atoms with E-state index in [0.717, 1.165) is 32.0 Å². The van der Waals surface area contributed by atoms with Gasteiger partial charge in [-0.15, -0.1) is 24.0 Å². The number of halogens is 1. The molecule has 0 radical (unpaired) electrons. The van der Waals surface area contributed by atoms with Crippen LogP contribution in [0, 0.1) is 6.92 Å². The van der Waals surface area contributed by atoms with Crippen molar-refractivity contribution in [2.24, 2.45) is 10.7 Å². The zero-order valence-corrected chi connectivity index (χ0v) is 20.1. The molecule has 2 aromatic carbocycles. The Hall–Kier alpha value is -2.04. The summed E-state index contributed by atoms with van der Waals surface area (Å²) in [6.07, 6.45) is 0. The molecule has 3 rings (SSSR count). The third-order valence-electron chi connectivity index (χ3n) is 5.04. The van der Waals surface area contributed by atoms with Crippen LogP contribution in [-0.2, 0) is 4.74 Å². The Bertz CT molecular complexity index is 824. The Morgan fingerprint density at radius 3 is 2.40 bits per heavy atom. The maximum atomic E-state index is 6.17. The molecule has 1 atom stereocenters. The number of benzene rings is 2. The quantitative estimate of drug-likeness (QED) is 0.327. The molecule has 0 amide bonds. The zero-order valence-electron chi connectivity index (χ0n) is 17.8. The highest BCUT2D eigenvalue weighted by Crippen LogP contribution is 2.29. The fraction of sp³-hybridized carbons (Fsp3) is 0.409. The lowest BCUT2D eigenvalue weighted by molar-refractivity contribution is 0.0180. The van der Waals surface area contributed by atoms with Gasteiger partial charge in [0.25, 0.3) is 0 Å². The minimum Gasteiger partial charge on any atom is -0.493 e. The van der Waals surface area contributed by atoms with E-state index in [9.17, 15) is 0 Å². The molecule has 164 valence electrons. The van der Waals surface area contributed by atoms with Crippen LogP contribution in [0.25, 0.3) is 0 Å². The lowest BCUT2D eigenvalue weighted by atomic mass is 10.0. The molecule has 8 heteroatoms. The van der Waals surface area contributed by atoms with Crippen LogP contribution in [0.15, 0.2) is 47.5 Å². The van der Waals surface area contributed by atoms with E-state index in [0.29, 0.717) is 24.0 Å². The molecule has 1 saturated heterocycles. The molecule has 0 spiro atoms. The van der Waals surface area contributed by atoms with Crippen LogP contribution in [0.2, 0.25) is 0 Å². The van der Waals surface area contributed by atoms with Gasteiger partial charge in [-0.2, -0.15) is 0 Å². The summed E-state index contributed by atoms with van der Waals surface area (Å²) in [5, 5.41) is 3.14. The van der Waals surface area contributed by atoms with E-state index >= 15 is 0 Å². The van der Waals surface area contributed by atoms with Gasteiger partial charge in [0.05, 0.1) is 40.0 Å². The van der Waals surface area contributed by atoms with Gasteiger partial charge in [-0.1, -0.05) is 29.8 Å². The fourth-order valence-corrected chi connectivity index (χ4v) is 3.40. The number of aryl methyl sites for hydroxylation is 1. The smallest absolute Gasteiger partial charge is 0.193 e. The molecule has 0 bridgehead atoms. The minimum atomic E-state index is 0. The number of hydrogen-bond acceptors (Lipinski definition) is 5. The number of ether oxygens (including phenoxy) is 3.